The van der Waals surface area contributed by atoms with E-state index in [-0.39, 0.29) is 0 Å². The Hall–Kier alpha value is -8.90. The molecule has 4 nitrogen and oxygen atoms in total. The first kappa shape index (κ1) is 40.4. The highest BCUT2D eigenvalue weighted by atomic mass is 32.1. The molecule has 0 N–H and O–H groups in total. The van der Waals surface area contributed by atoms with Crippen molar-refractivity contribution in [1.29, 1.82) is 0 Å². The normalized spacial score (nSPS) is 11.5. The summed E-state index contributed by atoms with van der Waals surface area (Å²) in [4.78, 5) is 7.12. The lowest BCUT2D eigenvalue weighted by Gasteiger charge is -2.28. The van der Waals surface area contributed by atoms with Gasteiger partial charge in [-0.25, -0.2) is 0 Å². The number of hydrogen-bond donors (Lipinski definition) is 0. The highest BCUT2D eigenvalue weighted by Crippen LogP contribution is 2.50. The largest absolute Gasteiger partial charge is 0.455 e. The van der Waals surface area contributed by atoms with E-state index in [9.17, 15) is 0 Å². The van der Waals surface area contributed by atoms with Crippen molar-refractivity contribution in [2.75, 3.05) is 14.7 Å². The molecule has 0 aliphatic carbocycles. The van der Waals surface area contributed by atoms with Crippen molar-refractivity contribution < 1.29 is 4.42 Å². The lowest BCUT2D eigenvalue weighted by molar-refractivity contribution is 0.672. The molecule has 0 atom stereocenters. The third-order valence-corrected chi connectivity index (χ3v) is 14.3. The van der Waals surface area contributed by atoms with Crippen molar-refractivity contribution in [3.05, 3.63) is 261 Å². The molecule has 5 heteroatoms. The molecule has 326 valence electrons. The summed E-state index contributed by atoms with van der Waals surface area (Å²) in [6.07, 6.45) is 0. The summed E-state index contributed by atoms with van der Waals surface area (Å²) in [6, 6.07) is 93.5. The van der Waals surface area contributed by atoms with Gasteiger partial charge in [0.2, 0.25) is 0 Å². The van der Waals surface area contributed by atoms with E-state index < -0.39 is 0 Å². The number of para-hydroxylation sites is 5. The second-order valence-corrected chi connectivity index (χ2v) is 18.4. The fraction of sp³-hybridized carbons (Fsp3) is 0. The highest BCUT2D eigenvalue weighted by molar-refractivity contribution is 7.26. The standard InChI is InChI=1S/C64H43N3OS/c1-6-20-47(21-7-1)65(48-22-8-2-9-23-48)53-38-40-60-56(43-53)63-58(67(50-26-12-4-13-27-50)51-28-14-5-15-29-51)41-46(42-61(63)69-60)44-33-36-52(37-34-44)66(49-24-10-3-11-25-49)57-31-18-32-59-62(57)55-39-35-45-19-16-17-30-54(45)64(55)68-59/h1-43H. The third kappa shape index (κ3) is 7.16. The molecule has 13 rings (SSSR count). The van der Waals surface area contributed by atoms with Crippen molar-refractivity contribution >= 4 is 115 Å². The number of rotatable bonds is 10. The summed E-state index contributed by atoms with van der Waals surface area (Å²) in [6.45, 7) is 0. The van der Waals surface area contributed by atoms with E-state index in [1.807, 2.05) is 11.3 Å². The van der Waals surface area contributed by atoms with Gasteiger partial charge in [0.05, 0.1) is 16.8 Å². The molecule has 0 fully saturated rings. The predicted molar refractivity (Wildman–Crippen MR) is 294 cm³/mol. The number of furan rings is 1. The van der Waals surface area contributed by atoms with Gasteiger partial charge >= 0.3 is 0 Å². The summed E-state index contributed by atoms with van der Waals surface area (Å²) < 4.78 is 9.14. The zero-order chi connectivity index (χ0) is 45.7. The molecule has 0 bridgehead atoms. The lowest BCUT2D eigenvalue weighted by Crippen LogP contribution is -2.11. The minimum absolute atomic E-state index is 0.863. The molecule has 0 spiro atoms. The van der Waals surface area contributed by atoms with Crippen LogP contribution in [0, 0.1) is 0 Å². The SMILES string of the molecule is c1ccc(N(c2ccccc2)c2ccc3sc4cc(-c5ccc(N(c6ccccc6)c6cccc7oc8c9ccccc9ccc8c67)cc5)cc(N(c5ccccc5)c5ccccc5)c4c3c2)cc1. The van der Waals surface area contributed by atoms with Crippen LogP contribution in [0.1, 0.15) is 0 Å². The maximum Gasteiger partial charge on any atom is 0.143 e. The molecule has 11 aromatic carbocycles. The summed E-state index contributed by atoms with van der Waals surface area (Å²) in [5, 5.41) is 6.90. The number of thiophene rings is 1. The molecule has 0 saturated heterocycles. The van der Waals surface area contributed by atoms with Crippen molar-refractivity contribution in [3.8, 4) is 11.1 Å². The first-order valence-corrected chi connectivity index (χ1v) is 24.1. The smallest absolute Gasteiger partial charge is 0.143 e. The predicted octanol–water partition coefficient (Wildman–Crippen LogP) is 19.2. The maximum absolute atomic E-state index is 6.68. The molecule has 0 aliphatic heterocycles. The van der Waals surface area contributed by atoms with Crippen LogP contribution < -0.4 is 14.7 Å². The molecule has 0 unspecified atom stereocenters. The minimum atomic E-state index is 0.863. The average molecular weight is 902 g/mol. The first-order chi connectivity index (χ1) is 34.2. The minimum Gasteiger partial charge on any atom is -0.455 e. The van der Waals surface area contributed by atoms with E-state index in [0.717, 1.165) is 95.0 Å². The average Bonchev–Trinajstić information content (AvgIpc) is 4.00. The van der Waals surface area contributed by atoms with Crippen LogP contribution in [-0.4, -0.2) is 0 Å². The van der Waals surface area contributed by atoms with Gasteiger partial charge in [0, 0.05) is 70.8 Å². The van der Waals surface area contributed by atoms with Crippen LogP contribution >= 0.6 is 11.3 Å². The van der Waals surface area contributed by atoms with Crippen molar-refractivity contribution in [1.82, 2.24) is 0 Å². The molecule has 0 saturated carbocycles. The van der Waals surface area contributed by atoms with Crippen LogP contribution in [0.3, 0.4) is 0 Å². The van der Waals surface area contributed by atoms with Crippen LogP contribution in [0.2, 0.25) is 0 Å². The van der Waals surface area contributed by atoms with E-state index in [0.29, 0.717) is 0 Å². The summed E-state index contributed by atoms with van der Waals surface area (Å²) in [5.74, 6) is 0. The van der Waals surface area contributed by atoms with Gasteiger partial charge < -0.3 is 19.1 Å². The van der Waals surface area contributed by atoms with Gasteiger partial charge in [0.25, 0.3) is 0 Å². The Kier molecular flexibility index (Phi) is 9.99. The molecule has 2 aromatic heterocycles. The summed E-state index contributed by atoms with van der Waals surface area (Å²) >= 11 is 1.85. The quantitative estimate of drug-likeness (QED) is 0.136. The molecule has 0 aliphatic rings. The Labute approximate surface area is 404 Å². The van der Waals surface area contributed by atoms with Gasteiger partial charge in [-0.05, 0) is 138 Å². The molecule has 69 heavy (non-hydrogen) atoms. The fourth-order valence-corrected chi connectivity index (χ4v) is 11.2. The monoisotopic (exact) mass is 901 g/mol. The highest BCUT2D eigenvalue weighted by Gasteiger charge is 2.24. The number of hydrogen-bond acceptors (Lipinski definition) is 5. The van der Waals surface area contributed by atoms with Crippen LogP contribution in [-0.2, 0) is 0 Å². The van der Waals surface area contributed by atoms with Gasteiger partial charge in [-0.1, -0.05) is 140 Å². The molecule has 0 radical (unpaired) electrons. The van der Waals surface area contributed by atoms with E-state index >= 15 is 0 Å². The fourth-order valence-electron chi connectivity index (χ4n) is 10.1. The second-order valence-electron chi connectivity index (χ2n) is 17.3. The molecular formula is C64H43N3OS. The van der Waals surface area contributed by atoms with Crippen molar-refractivity contribution in [2.45, 2.75) is 0 Å². The van der Waals surface area contributed by atoms with E-state index in [4.69, 9.17) is 4.42 Å². The third-order valence-electron chi connectivity index (χ3n) is 13.2. The Balaban J connectivity index is 0.993. The molecular weight excluding hydrogens is 859 g/mol. The van der Waals surface area contributed by atoms with Crippen molar-refractivity contribution in [2.24, 2.45) is 0 Å². The molecule has 2 heterocycles. The van der Waals surface area contributed by atoms with E-state index in [1.54, 1.807) is 0 Å². The Bertz CT molecular complexity index is 3870. The van der Waals surface area contributed by atoms with Crippen LogP contribution in [0.15, 0.2) is 265 Å². The summed E-state index contributed by atoms with van der Waals surface area (Å²) in [7, 11) is 0. The number of fused-ring (bicyclic) bond motifs is 8. The van der Waals surface area contributed by atoms with Crippen molar-refractivity contribution in [3.63, 3.8) is 0 Å². The number of anilines is 9. The number of nitrogens with zero attached hydrogens (tertiary/aromatic N) is 3. The molecule has 0 amide bonds. The zero-order valence-corrected chi connectivity index (χ0v) is 38.3. The van der Waals surface area contributed by atoms with Gasteiger partial charge in [-0.2, -0.15) is 0 Å². The van der Waals surface area contributed by atoms with Gasteiger partial charge in [0.1, 0.15) is 11.2 Å². The van der Waals surface area contributed by atoms with E-state index in [1.165, 1.54) is 20.2 Å². The second kappa shape index (κ2) is 17.1. The number of benzene rings is 11. The Morgan fingerprint density at radius 3 is 1.42 bits per heavy atom. The first-order valence-electron chi connectivity index (χ1n) is 23.3. The zero-order valence-electron chi connectivity index (χ0n) is 37.5. The Morgan fingerprint density at radius 1 is 0.290 bits per heavy atom. The van der Waals surface area contributed by atoms with Gasteiger partial charge in [-0.15, -0.1) is 11.3 Å². The summed E-state index contributed by atoms with van der Waals surface area (Å²) in [5.41, 5.74) is 13.9. The van der Waals surface area contributed by atoms with Gasteiger partial charge in [0.15, 0.2) is 0 Å². The topological polar surface area (TPSA) is 22.9 Å². The lowest BCUT2D eigenvalue weighted by atomic mass is 9.99. The van der Waals surface area contributed by atoms with E-state index in [2.05, 4.69) is 276 Å². The van der Waals surface area contributed by atoms with Crippen LogP contribution in [0.25, 0.3) is 64.0 Å². The van der Waals surface area contributed by atoms with Crippen LogP contribution in [0.5, 0.6) is 0 Å². The molecule has 13 aromatic rings. The van der Waals surface area contributed by atoms with Crippen LogP contribution in [0.4, 0.5) is 51.2 Å². The van der Waals surface area contributed by atoms with Gasteiger partial charge in [-0.3, -0.25) is 0 Å². The maximum atomic E-state index is 6.68. The Morgan fingerprint density at radius 2 is 0.812 bits per heavy atom.